The summed E-state index contributed by atoms with van der Waals surface area (Å²) in [6, 6.07) is 0. The third kappa shape index (κ3) is 7.64. The van der Waals surface area contributed by atoms with Gasteiger partial charge in [0.15, 0.2) is 0 Å². The minimum atomic E-state index is -0.977. The van der Waals surface area contributed by atoms with Crippen molar-refractivity contribution in [2.75, 3.05) is 39.6 Å². The zero-order valence-corrected chi connectivity index (χ0v) is 18.4. The molecule has 0 aromatic rings. The van der Waals surface area contributed by atoms with Gasteiger partial charge in [0.05, 0.1) is 64.1 Å². The number of epoxide rings is 4. The highest BCUT2D eigenvalue weighted by Crippen LogP contribution is 2.35. The first-order valence-corrected chi connectivity index (χ1v) is 11.5. The van der Waals surface area contributed by atoms with E-state index < -0.39 is 23.1 Å². The largest absolute Gasteiger partial charge is 0.456 e. The molecule has 0 amide bonds. The number of carbonyl (C=O) groups is 2. The van der Waals surface area contributed by atoms with Crippen molar-refractivity contribution < 1.29 is 48.2 Å². The van der Waals surface area contributed by atoms with Gasteiger partial charge in [-0.2, -0.15) is 0 Å². The Morgan fingerprint density at radius 1 is 0.656 bits per heavy atom. The second-order valence-corrected chi connectivity index (χ2v) is 9.48. The van der Waals surface area contributed by atoms with Crippen molar-refractivity contribution in [3.05, 3.63) is 0 Å². The minimum absolute atomic E-state index is 0.0114. The molecule has 0 radical (unpaired) electrons. The fraction of sp³-hybridized carbons (Fsp3) is 0.909. The number of aliphatic hydroxyl groups is 2. The molecule has 10 nitrogen and oxygen atoms in total. The molecule has 4 heterocycles. The van der Waals surface area contributed by atoms with Crippen LogP contribution in [0.5, 0.6) is 0 Å². The molecule has 4 unspecified atom stereocenters. The number of unbranched alkanes of at least 4 members (excludes halogenated alkanes) is 1. The van der Waals surface area contributed by atoms with Gasteiger partial charge in [-0.3, -0.25) is 9.59 Å². The number of aliphatic hydroxyl groups excluding tert-OH is 2. The summed E-state index contributed by atoms with van der Waals surface area (Å²) in [6.07, 6.45) is 3.08. The molecule has 0 aromatic heterocycles. The smallest absolute Gasteiger partial charge is 0.306 e. The van der Waals surface area contributed by atoms with Gasteiger partial charge in [0, 0.05) is 38.5 Å². The normalized spacial score (nSPS) is 31.2. The van der Waals surface area contributed by atoms with Crippen molar-refractivity contribution in [1.29, 1.82) is 0 Å². The van der Waals surface area contributed by atoms with Crippen molar-refractivity contribution in [2.24, 2.45) is 0 Å². The van der Waals surface area contributed by atoms with E-state index in [-0.39, 0.29) is 50.5 Å². The van der Waals surface area contributed by atoms with E-state index in [1.807, 2.05) is 0 Å². The molecular formula is C22H34O10. The Balaban J connectivity index is 1.17. The molecular weight excluding hydrogens is 424 g/mol. The molecule has 0 aliphatic carbocycles. The van der Waals surface area contributed by atoms with Crippen LogP contribution in [-0.4, -0.2) is 97.4 Å². The van der Waals surface area contributed by atoms with Crippen LogP contribution in [0.1, 0.15) is 51.4 Å². The lowest BCUT2D eigenvalue weighted by molar-refractivity contribution is -0.170. The standard InChI is InChI=1S/C22H34O10/c23-13-21(5-15-9-27-15,6-16-10-28-16)31-19(25)3-1-2-4-20(26)32-22(14-24,7-17-11-29-17)8-18-12-30-18/h15-18,23-24H,1-14H2. The average molecular weight is 459 g/mol. The molecule has 0 spiro atoms. The molecule has 0 bridgehead atoms. The van der Waals surface area contributed by atoms with E-state index in [0.29, 0.717) is 65.0 Å². The van der Waals surface area contributed by atoms with Crippen molar-refractivity contribution in [3.63, 3.8) is 0 Å². The highest BCUT2D eigenvalue weighted by Gasteiger charge is 2.46. The molecule has 4 rings (SSSR count). The highest BCUT2D eigenvalue weighted by atomic mass is 16.6. The number of carbonyl (C=O) groups excluding carboxylic acids is 2. The highest BCUT2D eigenvalue weighted by molar-refractivity contribution is 5.71. The van der Waals surface area contributed by atoms with E-state index in [1.54, 1.807) is 0 Å². The van der Waals surface area contributed by atoms with E-state index in [2.05, 4.69) is 0 Å². The molecule has 182 valence electrons. The molecule has 4 fully saturated rings. The number of esters is 2. The van der Waals surface area contributed by atoms with Gasteiger partial charge in [0.2, 0.25) is 0 Å². The molecule has 4 aliphatic heterocycles. The van der Waals surface area contributed by atoms with Crippen LogP contribution in [0.2, 0.25) is 0 Å². The summed E-state index contributed by atoms with van der Waals surface area (Å²) in [4.78, 5) is 24.8. The molecule has 0 saturated carbocycles. The van der Waals surface area contributed by atoms with E-state index in [1.165, 1.54) is 0 Å². The predicted molar refractivity (Wildman–Crippen MR) is 108 cm³/mol. The van der Waals surface area contributed by atoms with E-state index >= 15 is 0 Å². The molecule has 10 heteroatoms. The Labute approximate surface area is 187 Å². The van der Waals surface area contributed by atoms with E-state index in [4.69, 9.17) is 28.4 Å². The maximum absolute atomic E-state index is 12.4. The summed E-state index contributed by atoms with van der Waals surface area (Å²) >= 11 is 0. The maximum atomic E-state index is 12.4. The Bertz CT molecular complexity index is 567. The van der Waals surface area contributed by atoms with Gasteiger partial charge in [-0.1, -0.05) is 0 Å². The summed E-state index contributed by atoms with van der Waals surface area (Å²) in [5.74, 6) is -0.814. The summed E-state index contributed by atoms with van der Waals surface area (Å²) < 4.78 is 32.3. The fourth-order valence-corrected chi connectivity index (χ4v) is 4.18. The van der Waals surface area contributed by atoms with E-state index in [0.717, 1.165) is 0 Å². The second-order valence-electron chi connectivity index (χ2n) is 9.48. The summed E-state index contributed by atoms with van der Waals surface area (Å²) in [5, 5.41) is 19.8. The molecule has 4 aliphatic rings. The molecule has 2 N–H and O–H groups in total. The number of rotatable bonds is 17. The summed E-state index contributed by atoms with van der Waals surface area (Å²) in [6.45, 7) is 1.90. The van der Waals surface area contributed by atoms with Crippen LogP contribution in [0.15, 0.2) is 0 Å². The van der Waals surface area contributed by atoms with Crippen LogP contribution < -0.4 is 0 Å². The van der Waals surface area contributed by atoms with Crippen molar-refractivity contribution in [3.8, 4) is 0 Å². The third-order valence-electron chi connectivity index (χ3n) is 6.26. The zero-order valence-electron chi connectivity index (χ0n) is 18.4. The Morgan fingerprint density at radius 3 is 1.16 bits per heavy atom. The fourth-order valence-electron chi connectivity index (χ4n) is 4.18. The van der Waals surface area contributed by atoms with E-state index in [9.17, 15) is 19.8 Å². The van der Waals surface area contributed by atoms with Crippen molar-refractivity contribution in [2.45, 2.75) is 87.0 Å². The van der Waals surface area contributed by atoms with Gasteiger partial charge in [-0.05, 0) is 12.8 Å². The summed E-state index contributed by atoms with van der Waals surface area (Å²) in [5.41, 5.74) is -1.95. The molecule has 4 atom stereocenters. The predicted octanol–water partition coefficient (Wildman–Crippen LogP) is 0.251. The Kier molecular flexibility index (Phi) is 7.69. The summed E-state index contributed by atoms with van der Waals surface area (Å²) in [7, 11) is 0. The number of ether oxygens (including phenoxy) is 6. The first-order chi connectivity index (χ1) is 15.4. The van der Waals surface area contributed by atoms with Crippen LogP contribution >= 0.6 is 0 Å². The van der Waals surface area contributed by atoms with Crippen LogP contribution in [0.25, 0.3) is 0 Å². The first-order valence-electron chi connectivity index (χ1n) is 11.5. The first kappa shape index (κ1) is 23.8. The van der Waals surface area contributed by atoms with Crippen LogP contribution in [0.4, 0.5) is 0 Å². The van der Waals surface area contributed by atoms with Gasteiger partial charge in [-0.15, -0.1) is 0 Å². The number of hydrogen-bond donors (Lipinski definition) is 2. The lowest BCUT2D eigenvalue weighted by Gasteiger charge is -2.31. The topological polar surface area (TPSA) is 143 Å². The Morgan fingerprint density at radius 2 is 0.938 bits per heavy atom. The van der Waals surface area contributed by atoms with Gasteiger partial charge >= 0.3 is 11.9 Å². The van der Waals surface area contributed by atoms with Gasteiger partial charge < -0.3 is 38.6 Å². The molecule has 32 heavy (non-hydrogen) atoms. The zero-order chi connectivity index (χ0) is 22.6. The minimum Gasteiger partial charge on any atom is -0.456 e. The Hall–Kier alpha value is -1.30. The lowest BCUT2D eigenvalue weighted by atomic mass is 9.92. The van der Waals surface area contributed by atoms with Crippen LogP contribution in [-0.2, 0) is 38.0 Å². The third-order valence-corrected chi connectivity index (χ3v) is 6.26. The van der Waals surface area contributed by atoms with Gasteiger partial charge in [0.1, 0.15) is 11.2 Å². The molecule has 0 aromatic carbocycles. The van der Waals surface area contributed by atoms with Crippen LogP contribution in [0, 0.1) is 0 Å². The quantitative estimate of drug-likeness (QED) is 0.177. The van der Waals surface area contributed by atoms with Crippen molar-refractivity contribution in [1.82, 2.24) is 0 Å². The SMILES string of the molecule is O=C(CCCCC(=O)OC(CO)(CC1CO1)CC1CO1)OC(CO)(CC1CO1)CC1CO1. The average Bonchev–Trinajstić information content (AvgIpc) is 3.59. The molecule has 4 saturated heterocycles. The lowest BCUT2D eigenvalue weighted by Crippen LogP contribution is -2.42. The van der Waals surface area contributed by atoms with Gasteiger partial charge in [-0.25, -0.2) is 0 Å². The second kappa shape index (κ2) is 10.3. The van der Waals surface area contributed by atoms with Crippen molar-refractivity contribution >= 4 is 11.9 Å². The monoisotopic (exact) mass is 458 g/mol. The maximum Gasteiger partial charge on any atom is 0.306 e. The van der Waals surface area contributed by atoms with Crippen LogP contribution in [0.3, 0.4) is 0 Å². The number of hydrogen-bond acceptors (Lipinski definition) is 10. The van der Waals surface area contributed by atoms with Gasteiger partial charge in [0.25, 0.3) is 0 Å².